The van der Waals surface area contributed by atoms with Gasteiger partial charge in [0.1, 0.15) is 0 Å². The molecule has 0 fully saturated rings. The highest BCUT2D eigenvalue weighted by Gasteiger charge is 2.09. The third-order valence-corrected chi connectivity index (χ3v) is 4.28. The van der Waals surface area contributed by atoms with E-state index in [2.05, 4.69) is 42.4 Å². The minimum Gasteiger partial charge on any atom is -0.380 e. The molecule has 0 aliphatic carbocycles. The molecule has 104 valence electrons. The Hall–Kier alpha value is -1.57. The lowest BCUT2D eigenvalue weighted by atomic mass is 9.97. The summed E-state index contributed by atoms with van der Waals surface area (Å²) in [5.74, 6) is 0. The molecule has 0 radical (unpaired) electrons. The quantitative estimate of drug-likeness (QED) is 0.890. The number of aryl methyl sites for hydroxylation is 2. The van der Waals surface area contributed by atoms with E-state index in [1.807, 2.05) is 0 Å². The molecule has 5 heteroatoms. The summed E-state index contributed by atoms with van der Waals surface area (Å²) in [5, 5.41) is 12.6. The Kier molecular flexibility index (Phi) is 4.99. The number of rotatable bonds is 5. The van der Waals surface area contributed by atoms with Gasteiger partial charge in [0.25, 0.3) is 0 Å². The van der Waals surface area contributed by atoms with Crippen LogP contribution in [0, 0.1) is 11.3 Å². The van der Waals surface area contributed by atoms with Gasteiger partial charge < -0.3 is 5.32 Å². The molecule has 0 amide bonds. The van der Waals surface area contributed by atoms with Crippen LogP contribution in [0.15, 0.2) is 18.3 Å². The van der Waals surface area contributed by atoms with Crippen molar-refractivity contribution in [3.8, 4) is 6.07 Å². The standard InChI is InChI=1S/C15H16ClN3S/c1-3-10-5-12(6-11(4-2)14(10)7-17)18-8-13-9-19-15(16)20-13/h5-6,9,18H,3-4,8H2,1-2H3. The SMILES string of the molecule is CCc1cc(NCc2cnc(Cl)s2)cc(CC)c1C#N. The molecule has 0 aliphatic rings. The molecular weight excluding hydrogens is 290 g/mol. The normalized spacial score (nSPS) is 10.3. The first-order valence-electron chi connectivity index (χ1n) is 6.57. The minimum atomic E-state index is 0.560. The Morgan fingerprint density at radius 2 is 1.95 bits per heavy atom. The van der Waals surface area contributed by atoms with Crippen LogP contribution >= 0.6 is 22.9 Å². The zero-order valence-electron chi connectivity index (χ0n) is 11.5. The molecule has 20 heavy (non-hydrogen) atoms. The van der Waals surface area contributed by atoms with Gasteiger partial charge in [-0.25, -0.2) is 4.98 Å². The molecule has 0 unspecified atom stereocenters. The smallest absolute Gasteiger partial charge is 0.183 e. The average molecular weight is 306 g/mol. The van der Waals surface area contributed by atoms with E-state index in [-0.39, 0.29) is 0 Å². The second-order valence-corrected chi connectivity index (χ2v) is 6.12. The topological polar surface area (TPSA) is 48.7 Å². The number of thiazole rings is 1. The molecule has 0 aliphatic heterocycles. The first kappa shape index (κ1) is 14.8. The van der Waals surface area contributed by atoms with E-state index in [0.717, 1.165) is 40.1 Å². The fraction of sp³-hybridized carbons (Fsp3) is 0.333. The number of hydrogen-bond donors (Lipinski definition) is 1. The first-order chi connectivity index (χ1) is 9.67. The van der Waals surface area contributed by atoms with Crippen molar-refractivity contribution in [1.82, 2.24) is 4.98 Å². The molecule has 0 saturated heterocycles. The lowest BCUT2D eigenvalue weighted by molar-refractivity contribution is 1.06. The van der Waals surface area contributed by atoms with E-state index < -0.39 is 0 Å². The van der Waals surface area contributed by atoms with Crippen molar-refractivity contribution in [3.05, 3.63) is 44.4 Å². The van der Waals surface area contributed by atoms with Gasteiger partial charge >= 0.3 is 0 Å². The van der Waals surface area contributed by atoms with Gasteiger partial charge in [0, 0.05) is 16.8 Å². The molecule has 1 N–H and O–H groups in total. The van der Waals surface area contributed by atoms with Gasteiger partial charge in [-0.1, -0.05) is 25.4 Å². The third-order valence-electron chi connectivity index (χ3n) is 3.17. The van der Waals surface area contributed by atoms with Gasteiger partial charge in [0.05, 0.1) is 18.2 Å². The lowest BCUT2D eigenvalue weighted by Gasteiger charge is -2.12. The van der Waals surface area contributed by atoms with Crippen LogP contribution in [0.5, 0.6) is 0 Å². The van der Waals surface area contributed by atoms with E-state index in [1.54, 1.807) is 6.20 Å². The number of nitriles is 1. The summed E-state index contributed by atoms with van der Waals surface area (Å²) in [6.45, 7) is 4.84. The number of aromatic nitrogens is 1. The van der Waals surface area contributed by atoms with Gasteiger partial charge in [-0.05, 0) is 36.1 Å². The third kappa shape index (κ3) is 3.30. The summed E-state index contributed by atoms with van der Waals surface area (Å²) in [6, 6.07) is 6.43. The Labute approximate surface area is 128 Å². The van der Waals surface area contributed by atoms with Crippen molar-refractivity contribution in [2.45, 2.75) is 33.2 Å². The predicted octanol–water partition coefficient (Wildman–Crippen LogP) is 4.41. The van der Waals surface area contributed by atoms with Crippen LogP contribution in [-0.4, -0.2) is 4.98 Å². The van der Waals surface area contributed by atoms with Gasteiger partial charge in [-0.3, -0.25) is 0 Å². The second-order valence-electron chi connectivity index (χ2n) is 4.42. The van der Waals surface area contributed by atoms with Gasteiger partial charge in [0.2, 0.25) is 0 Å². The van der Waals surface area contributed by atoms with Gasteiger partial charge in [0.15, 0.2) is 4.47 Å². The zero-order valence-corrected chi connectivity index (χ0v) is 13.1. The summed E-state index contributed by atoms with van der Waals surface area (Å²) in [5.41, 5.74) is 4.05. The second kappa shape index (κ2) is 6.74. The first-order valence-corrected chi connectivity index (χ1v) is 7.77. The van der Waals surface area contributed by atoms with Crippen molar-refractivity contribution in [3.63, 3.8) is 0 Å². The zero-order chi connectivity index (χ0) is 14.5. The van der Waals surface area contributed by atoms with E-state index in [1.165, 1.54) is 11.3 Å². The molecule has 2 rings (SSSR count). The Bertz CT molecular complexity index is 618. The molecule has 0 bridgehead atoms. The molecule has 0 saturated carbocycles. The maximum absolute atomic E-state index is 9.27. The Morgan fingerprint density at radius 3 is 2.40 bits per heavy atom. The van der Waals surface area contributed by atoms with Crippen LogP contribution in [0.1, 0.15) is 35.4 Å². The molecule has 1 heterocycles. The van der Waals surface area contributed by atoms with E-state index >= 15 is 0 Å². The van der Waals surface area contributed by atoms with E-state index in [9.17, 15) is 5.26 Å². The van der Waals surface area contributed by atoms with Crippen molar-refractivity contribution < 1.29 is 0 Å². The predicted molar refractivity (Wildman–Crippen MR) is 84.4 cm³/mol. The van der Waals surface area contributed by atoms with Crippen LogP contribution in [0.25, 0.3) is 0 Å². The van der Waals surface area contributed by atoms with Crippen LogP contribution in [-0.2, 0) is 19.4 Å². The van der Waals surface area contributed by atoms with E-state index in [4.69, 9.17) is 11.6 Å². The van der Waals surface area contributed by atoms with Crippen LogP contribution < -0.4 is 5.32 Å². The monoisotopic (exact) mass is 305 g/mol. The van der Waals surface area contributed by atoms with Crippen LogP contribution in [0.4, 0.5) is 5.69 Å². The van der Waals surface area contributed by atoms with Gasteiger partial charge in [-0.2, -0.15) is 5.26 Å². The van der Waals surface area contributed by atoms with Crippen molar-refractivity contribution in [1.29, 1.82) is 5.26 Å². The summed E-state index contributed by atoms with van der Waals surface area (Å²) >= 11 is 7.29. The molecule has 2 aromatic rings. The van der Waals surface area contributed by atoms with Gasteiger partial charge in [-0.15, -0.1) is 11.3 Å². The highest BCUT2D eigenvalue weighted by Crippen LogP contribution is 2.24. The maximum atomic E-state index is 9.27. The fourth-order valence-corrected chi connectivity index (χ4v) is 3.04. The Balaban J connectivity index is 2.22. The molecular formula is C15H16ClN3S. The summed E-state index contributed by atoms with van der Waals surface area (Å²) in [6.07, 6.45) is 3.50. The summed E-state index contributed by atoms with van der Waals surface area (Å²) in [7, 11) is 0. The van der Waals surface area contributed by atoms with E-state index in [0.29, 0.717) is 11.0 Å². The molecule has 0 spiro atoms. The average Bonchev–Trinajstić information content (AvgIpc) is 2.89. The minimum absolute atomic E-state index is 0.560. The van der Waals surface area contributed by atoms with Crippen LogP contribution in [0.2, 0.25) is 4.47 Å². The fourth-order valence-electron chi connectivity index (χ4n) is 2.13. The van der Waals surface area contributed by atoms with Crippen LogP contribution in [0.3, 0.4) is 0 Å². The lowest BCUT2D eigenvalue weighted by Crippen LogP contribution is -2.02. The number of halogens is 1. The highest BCUT2D eigenvalue weighted by atomic mass is 35.5. The highest BCUT2D eigenvalue weighted by molar-refractivity contribution is 7.15. The Morgan fingerprint density at radius 1 is 1.30 bits per heavy atom. The van der Waals surface area contributed by atoms with Crippen molar-refractivity contribution >= 4 is 28.6 Å². The molecule has 1 aromatic carbocycles. The number of nitrogens with one attached hydrogen (secondary N) is 1. The number of hydrogen-bond acceptors (Lipinski definition) is 4. The summed E-state index contributed by atoms with van der Waals surface area (Å²) in [4.78, 5) is 5.12. The molecule has 0 atom stereocenters. The maximum Gasteiger partial charge on any atom is 0.183 e. The van der Waals surface area contributed by atoms with Crippen molar-refractivity contribution in [2.75, 3.05) is 5.32 Å². The molecule has 3 nitrogen and oxygen atoms in total. The molecule has 1 aromatic heterocycles. The van der Waals surface area contributed by atoms with Crippen molar-refractivity contribution in [2.24, 2.45) is 0 Å². The number of benzene rings is 1. The number of nitrogens with zero attached hydrogens (tertiary/aromatic N) is 2. The largest absolute Gasteiger partial charge is 0.380 e. The summed E-state index contributed by atoms with van der Waals surface area (Å²) < 4.78 is 0.560. The number of anilines is 1.